The molecule has 31 heavy (non-hydrogen) atoms. The summed E-state index contributed by atoms with van der Waals surface area (Å²) in [7, 11) is 0. The van der Waals surface area contributed by atoms with E-state index in [9.17, 15) is 9.59 Å². The van der Waals surface area contributed by atoms with Crippen LogP contribution in [0.2, 0.25) is 5.02 Å². The van der Waals surface area contributed by atoms with Gasteiger partial charge in [0.05, 0.1) is 5.02 Å². The van der Waals surface area contributed by atoms with E-state index in [1.165, 1.54) is 0 Å². The lowest BCUT2D eigenvalue weighted by Gasteiger charge is -2.31. The van der Waals surface area contributed by atoms with Gasteiger partial charge < -0.3 is 15.0 Å². The molecule has 7 heteroatoms. The molecule has 0 saturated carbocycles. The molecule has 0 saturated heterocycles. The molecule has 2 amide bonds. The van der Waals surface area contributed by atoms with Gasteiger partial charge in [-0.1, -0.05) is 65.6 Å². The number of halogens is 2. The maximum atomic E-state index is 13.2. The predicted molar refractivity (Wildman–Crippen MR) is 128 cm³/mol. The molecule has 0 fully saturated rings. The first-order valence-electron chi connectivity index (χ1n) is 10.5. The normalized spacial score (nSPS) is 12.7. The minimum atomic E-state index is -0.593. The first-order valence-corrected chi connectivity index (χ1v) is 11.7. The average Bonchev–Trinajstić information content (AvgIpc) is 2.74. The van der Waals surface area contributed by atoms with E-state index < -0.39 is 6.04 Å². The van der Waals surface area contributed by atoms with Crippen molar-refractivity contribution < 1.29 is 14.3 Å². The number of hydrogen-bond donors (Lipinski definition) is 1. The number of benzene rings is 2. The molecule has 0 aromatic heterocycles. The van der Waals surface area contributed by atoms with Crippen molar-refractivity contribution >= 4 is 39.3 Å². The summed E-state index contributed by atoms with van der Waals surface area (Å²) in [6.07, 6.45) is 1.32. The molecule has 2 rings (SSSR count). The van der Waals surface area contributed by atoms with Crippen molar-refractivity contribution in [2.75, 3.05) is 6.61 Å². The highest BCUT2D eigenvalue weighted by Gasteiger charge is 2.29. The van der Waals surface area contributed by atoms with Crippen LogP contribution in [0, 0.1) is 6.92 Å². The Morgan fingerprint density at radius 3 is 2.48 bits per heavy atom. The zero-order valence-corrected chi connectivity index (χ0v) is 20.8. The molecule has 5 nitrogen and oxygen atoms in total. The number of nitrogens with one attached hydrogen (secondary N) is 1. The smallest absolute Gasteiger partial charge is 0.261 e. The van der Waals surface area contributed by atoms with Gasteiger partial charge >= 0.3 is 0 Å². The Balaban J connectivity index is 2.25. The summed E-state index contributed by atoms with van der Waals surface area (Å²) in [5.74, 6) is 0.0000110. The minimum Gasteiger partial charge on any atom is -0.482 e. The number of nitrogens with zero attached hydrogens (tertiary/aromatic N) is 1. The van der Waals surface area contributed by atoms with Gasteiger partial charge in [0.25, 0.3) is 5.91 Å². The second-order valence-corrected chi connectivity index (χ2v) is 8.88. The molecule has 0 spiro atoms. The Morgan fingerprint density at radius 2 is 1.87 bits per heavy atom. The Morgan fingerprint density at radius 1 is 1.16 bits per heavy atom. The summed E-state index contributed by atoms with van der Waals surface area (Å²) in [5, 5.41) is 3.42. The number of aryl methyl sites for hydroxylation is 1. The summed E-state index contributed by atoms with van der Waals surface area (Å²) in [4.78, 5) is 27.8. The van der Waals surface area contributed by atoms with Crippen LogP contribution in [-0.2, 0) is 16.1 Å². The molecular formula is C24H30BrClN2O3. The van der Waals surface area contributed by atoms with Gasteiger partial charge in [-0.05, 0) is 56.0 Å². The van der Waals surface area contributed by atoms with Crippen molar-refractivity contribution in [1.82, 2.24) is 10.2 Å². The largest absolute Gasteiger partial charge is 0.482 e. The number of amides is 2. The summed E-state index contributed by atoms with van der Waals surface area (Å²) in [6, 6.07) is 12.5. The summed E-state index contributed by atoms with van der Waals surface area (Å²) in [5.41, 5.74) is 2.06. The lowest BCUT2D eigenvalue weighted by molar-refractivity contribution is -0.143. The number of carbonyl (C=O) groups is 2. The number of hydrogen-bond acceptors (Lipinski definition) is 3. The van der Waals surface area contributed by atoms with E-state index in [4.69, 9.17) is 16.3 Å². The zero-order valence-electron chi connectivity index (χ0n) is 18.5. The second-order valence-electron chi connectivity index (χ2n) is 7.55. The van der Waals surface area contributed by atoms with E-state index in [0.717, 1.165) is 22.0 Å². The van der Waals surface area contributed by atoms with E-state index >= 15 is 0 Å². The maximum absolute atomic E-state index is 13.2. The van der Waals surface area contributed by atoms with Crippen LogP contribution in [0.25, 0.3) is 0 Å². The van der Waals surface area contributed by atoms with Gasteiger partial charge in [0.1, 0.15) is 11.8 Å². The van der Waals surface area contributed by atoms with E-state index in [1.807, 2.05) is 52.0 Å². The number of carbonyl (C=O) groups excluding carboxylic acids is 2. The topological polar surface area (TPSA) is 58.6 Å². The minimum absolute atomic E-state index is 0.0368. The van der Waals surface area contributed by atoms with Crippen LogP contribution in [-0.4, -0.2) is 35.4 Å². The van der Waals surface area contributed by atoms with E-state index in [0.29, 0.717) is 23.7 Å². The monoisotopic (exact) mass is 508 g/mol. The molecule has 0 aliphatic rings. The predicted octanol–water partition coefficient (Wildman–Crippen LogP) is 5.51. The number of ether oxygens (including phenoxy) is 1. The molecule has 0 aliphatic heterocycles. The molecule has 168 valence electrons. The fraction of sp³-hybridized carbons (Fsp3) is 0.417. The van der Waals surface area contributed by atoms with Crippen LogP contribution in [0.15, 0.2) is 46.9 Å². The molecule has 0 unspecified atom stereocenters. The molecule has 0 heterocycles. The van der Waals surface area contributed by atoms with Crippen molar-refractivity contribution in [2.45, 2.75) is 59.2 Å². The number of rotatable bonds is 10. The summed E-state index contributed by atoms with van der Waals surface area (Å²) in [6.45, 7) is 7.99. The first-order chi connectivity index (χ1) is 14.8. The van der Waals surface area contributed by atoms with Crippen molar-refractivity contribution in [3.05, 3.63) is 63.1 Å². The Kier molecular flexibility index (Phi) is 9.85. The van der Waals surface area contributed by atoms with Gasteiger partial charge in [-0.15, -0.1) is 0 Å². The van der Waals surface area contributed by atoms with Crippen molar-refractivity contribution in [2.24, 2.45) is 0 Å². The van der Waals surface area contributed by atoms with E-state index in [1.54, 1.807) is 23.1 Å². The summed E-state index contributed by atoms with van der Waals surface area (Å²) >= 11 is 9.57. The van der Waals surface area contributed by atoms with E-state index in [-0.39, 0.29) is 24.5 Å². The first kappa shape index (κ1) is 25.2. The van der Waals surface area contributed by atoms with Crippen molar-refractivity contribution in [3.63, 3.8) is 0 Å². The molecule has 2 atom stereocenters. The van der Waals surface area contributed by atoms with Crippen LogP contribution in [0.5, 0.6) is 5.75 Å². The van der Waals surface area contributed by atoms with Gasteiger partial charge in [0, 0.05) is 17.1 Å². The molecule has 2 aromatic carbocycles. The Labute approximate surface area is 198 Å². The fourth-order valence-electron chi connectivity index (χ4n) is 3.15. The standard InChI is InChI=1S/C24H30BrClN2O3/c1-5-17(4)27-24(30)21(6-2)28(14-18-10-8-7-9-16(18)3)23(29)15-31-22-12-11-19(25)13-20(22)26/h7-13,17,21H,5-6,14-15H2,1-4H3,(H,27,30)/t17-,21-/m1/s1. The highest BCUT2D eigenvalue weighted by Crippen LogP contribution is 2.28. The molecule has 0 aliphatic carbocycles. The molecule has 1 N–H and O–H groups in total. The third-order valence-corrected chi connectivity index (χ3v) is 6.02. The zero-order chi connectivity index (χ0) is 23.0. The average molecular weight is 510 g/mol. The molecule has 0 bridgehead atoms. The quantitative estimate of drug-likeness (QED) is 0.459. The van der Waals surface area contributed by atoms with E-state index in [2.05, 4.69) is 21.2 Å². The van der Waals surface area contributed by atoms with Crippen LogP contribution < -0.4 is 10.1 Å². The summed E-state index contributed by atoms with van der Waals surface area (Å²) < 4.78 is 6.53. The third-order valence-electron chi connectivity index (χ3n) is 5.23. The lowest BCUT2D eigenvalue weighted by Crippen LogP contribution is -2.51. The van der Waals surface area contributed by atoms with Crippen LogP contribution in [0.4, 0.5) is 0 Å². The van der Waals surface area contributed by atoms with Gasteiger partial charge in [-0.25, -0.2) is 0 Å². The van der Waals surface area contributed by atoms with Crippen molar-refractivity contribution in [3.8, 4) is 5.75 Å². The van der Waals surface area contributed by atoms with Gasteiger partial charge in [-0.3, -0.25) is 9.59 Å². The van der Waals surface area contributed by atoms with Gasteiger partial charge in [-0.2, -0.15) is 0 Å². The highest BCUT2D eigenvalue weighted by molar-refractivity contribution is 9.10. The maximum Gasteiger partial charge on any atom is 0.261 e. The van der Waals surface area contributed by atoms with Gasteiger partial charge in [0.15, 0.2) is 6.61 Å². The lowest BCUT2D eigenvalue weighted by atomic mass is 10.1. The highest BCUT2D eigenvalue weighted by atomic mass is 79.9. The fourth-order valence-corrected chi connectivity index (χ4v) is 3.87. The Bertz CT molecular complexity index is 906. The molecule has 0 radical (unpaired) electrons. The van der Waals surface area contributed by atoms with Crippen LogP contribution in [0.1, 0.15) is 44.7 Å². The molecular weight excluding hydrogens is 480 g/mol. The van der Waals surface area contributed by atoms with Crippen LogP contribution in [0.3, 0.4) is 0 Å². The molecule has 2 aromatic rings. The third kappa shape index (κ3) is 7.25. The van der Waals surface area contributed by atoms with Crippen LogP contribution >= 0.6 is 27.5 Å². The Hall–Kier alpha value is -2.05. The second kappa shape index (κ2) is 12.1. The van der Waals surface area contributed by atoms with Crippen molar-refractivity contribution in [1.29, 1.82) is 0 Å². The van der Waals surface area contributed by atoms with Gasteiger partial charge in [0.2, 0.25) is 5.91 Å². The SMILES string of the molecule is CC[C@@H](C)NC(=O)[C@@H](CC)N(Cc1ccccc1C)C(=O)COc1ccc(Br)cc1Cl.